The van der Waals surface area contributed by atoms with E-state index >= 15 is 0 Å². The van der Waals surface area contributed by atoms with E-state index in [-0.39, 0.29) is 23.8 Å². The highest BCUT2D eigenvalue weighted by molar-refractivity contribution is 5.96. The molecule has 2 aliphatic rings. The van der Waals surface area contributed by atoms with Crippen LogP contribution in [0.25, 0.3) is 0 Å². The minimum atomic E-state index is -0.601. The molecule has 136 valence electrons. The second kappa shape index (κ2) is 6.58. The number of hydrogen-bond donors (Lipinski definition) is 1. The van der Waals surface area contributed by atoms with Gasteiger partial charge in [-0.15, -0.1) is 0 Å². The average molecular weight is 346 g/mol. The monoisotopic (exact) mass is 346 g/mol. The fourth-order valence-corrected chi connectivity index (χ4v) is 3.69. The maximum Gasteiger partial charge on any atom is 0.417 e. The summed E-state index contributed by atoms with van der Waals surface area (Å²) < 4.78 is 10.6. The number of ether oxygens (including phenoxy) is 2. The Hall–Kier alpha value is -2.24. The Morgan fingerprint density at radius 3 is 2.48 bits per heavy atom. The molecule has 1 heterocycles. The van der Waals surface area contributed by atoms with E-state index in [0.29, 0.717) is 0 Å². The van der Waals surface area contributed by atoms with Crippen LogP contribution in [0.3, 0.4) is 0 Å². The first kappa shape index (κ1) is 17.6. The smallest absolute Gasteiger partial charge is 0.417 e. The van der Waals surface area contributed by atoms with E-state index in [1.165, 1.54) is 4.90 Å². The molecule has 2 bridgehead atoms. The van der Waals surface area contributed by atoms with Crippen molar-refractivity contribution in [3.8, 4) is 5.75 Å². The summed E-state index contributed by atoms with van der Waals surface area (Å²) in [4.78, 5) is 26.1. The predicted molar refractivity (Wildman–Crippen MR) is 94.6 cm³/mol. The van der Waals surface area contributed by atoms with Gasteiger partial charge in [0.15, 0.2) is 0 Å². The minimum Gasteiger partial charge on any atom is -0.497 e. The van der Waals surface area contributed by atoms with Crippen molar-refractivity contribution >= 4 is 17.7 Å². The van der Waals surface area contributed by atoms with Gasteiger partial charge in [-0.2, -0.15) is 0 Å². The van der Waals surface area contributed by atoms with Crippen LogP contribution in [0.1, 0.15) is 33.6 Å². The zero-order valence-electron chi connectivity index (χ0n) is 15.2. The first-order valence-corrected chi connectivity index (χ1v) is 8.72. The topological polar surface area (TPSA) is 67.9 Å². The van der Waals surface area contributed by atoms with Crippen LogP contribution in [0.15, 0.2) is 24.3 Å². The SMILES string of the molecule is COc1ccc(NCC2CC3CC2N(C(=O)OC(C)(C)C)C3=O)cc1. The molecule has 2 amide bonds. The highest BCUT2D eigenvalue weighted by atomic mass is 16.6. The molecule has 1 aliphatic heterocycles. The van der Waals surface area contributed by atoms with Gasteiger partial charge in [0.25, 0.3) is 0 Å². The van der Waals surface area contributed by atoms with E-state index < -0.39 is 11.7 Å². The standard InChI is InChI=1S/C19H26N2O4/c1-19(2,3)25-18(23)21-16-10-12(17(21)22)9-13(16)11-20-14-5-7-15(24-4)8-6-14/h5-8,12-13,16,20H,9-11H2,1-4H3. The molecule has 6 nitrogen and oxygen atoms in total. The van der Waals surface area contributed by atoms with E-state index in [4.69, 9.17) is 9.47 Å². The van der Waals surface area contributed by atoms with E-state index in [0.717, 1.165) is 30.8 Å². The van der Waals surface area contributed by atoms with Crippen LogP contribution in [0.5, 0.6) is 5.75 Å². The molecule has 3 unspecified atom stereocenters. The molecule has 6 heteroatoms. The zero-order chi connectivity index (χ0) is 18.2. The summed E-state index contributed by atoms with van der Waals surface area (Å²) in [5.74, 6) is 0.921. The molecule has 3 rings (SSSR count). The quantitative estimate of drug-likeness (QED) is 0.906. The Morgan fingerprint density at radius 1 is 1.24 bits per heavy atom. The molecule has 3 atom stereocenters. The first-order valence-electron chi connectivity index (χ1n) is 8.72. The fraction of sp³-hybridized carbons (Fsp3) is 0.579. The Labute approximate surface area is 148 Å². The highest BCUT2D eigenvalue weighted by Gasteiger charge is 2.53. The van der Waals surface area contributed by atoms with E-state index in [1.54, 1.807) is 7.11 Å². The summed E-state index contributed by atoms with van der Waals surface area (Å²) in [6.07, 6.45) is 1.05. The normalized spacial score (nSPS) is 25.2. The number of piperidine rings is 1. The van der Waals surface area contributed by atoms with Crippen LogP contribution in [-0.2, 0) is 9.53 Å². The maximum absolute atomic E-state index is 12.4. The van der Waals surface area contributed by atoms with Crippen LogP contribution in [0.4, 0.5) is 10.5 Å². The molecule has 2 fully saturated rings. The summed E-state index contributed by atoms with van der Waals surface area (Å²) in [6, 6.07) is 7.66. The summed E-state index contributed by atoms with van der Waals surface area (Å²) in [5.41, 5.74) is 0.398. The lowest BCUT2D eigenvalue weighted by molar-refractivity contribution is -0.134. The molecule has 25 heavy (non-hydrogen) atoms. The van der Waals surface area contributed by atoms with Gasteiger partial charge in [0.2, 0.25) is 5.91 Å². The number of nitrogens with one attached hydrogen (secondary N) is 1. The van der Waals surface area contributed by atoms with Gasteiger partial charge in [-0.25, -0.2) is 9.69 Å². The van der Waals surface area contributed by atoms with Gasteiger partial charge in [-0.1, -0.05) is 0 Å². The third-order valence-electron chi connectivity index (χ3n) is 4.82. The number of imide groups is 1. The molecule has 1 aromatic carbocycles. The molecular weight excluding hydrogens is 320 g/mol. The Morgan fingerprint density at radius 2 is 1.92 bits per heavy atom. The second-order valence-electron chi connectivity index (χ2n) is 7.79. The van der Waals surface area contributed by atoms with Gasteiger partial charge in [0, 0.05) is 24.2 Å². The third-order valence-corrected chi connectivity index (χ3v) is 4.82. The highest BCUT2D eigenvalue weighted by Crippen LogP contribution is 2.43. The number of hydrogen-bond acceptors (Lipinski definition) is 5. The second-order valence-corrected chi connectivity index (χ2v) is 7.79. The van der Waals surface area contributed by atoms with Crippen molar-refractivity contribution in [2.75, 3.05) is 19.0 Å². The fourth-order valence-electron chi connectivity index (χ4n) is 3.69. The number of fused-ring (bicyclic) bond motifs is 2. The number of rotatable bonds is 4. The van der Waals surface area contributed by atoms with Crippen molar-refractivity contribution in [2.24, 2.45) is 11.8 Å². The number of carbonyl (C=O) groups excluding carboxylic acids is 2. The molecule has 1 aliphatic carbocycles. The van der Waals surface area contributed by atoms with Crippen LogP contribution in [0, 0.1) is 11.8 Å². The van der Waals surface area contributed by atoms with Gasteiger partial charge in [0.05, 0.1) is 7.11 Å². The Balaban J connectivity index is 1.62. The molecule has 0 aromatic heterocycles. The summed E-state index contributed by atoms with van der Waals surface area (Å²) in [7, 11) is 1.64. The number of benzene rings is 1. The van der Waals surface area contributed by atoms with Crippen molar-refractivity contribution < 1.29 is 19.1 Å². The summed E-state index contributed by atoms with van der Waals surface area (Å²) >= 11 is 0. The molecule has 1 saturated carbocycles. The van der Waals surface area contributed by atoms with Crippen LogP contribution < -0.4 is 10.1 Å². The lowest BCUT2D eigenvalue weighted by atomic mass is 9.97. The van der Waals surface area contributed by atoms with Crippen molar-refractivity contribution in [1.82, 2.24) is 4.90 Å². The Bertz CT molecular complexity index is 650. The van der Waals surface area contributed by atoms with Gasteiger partial charge < -0.3 is 14.8 Å². The number of carbonyl (C=O) groups is 2. The van der Waals surface area contributed by atoms with Gasteiger partial charge in [-0.05, 0) is 63.8 Å². The Kier molecular flexibility index (Phi) is 4.62. The average Bonchev–Trinajstić information content (AvgIpc) is 3.09. The number of likely N-dealkylation sites (tertiary alicyclic amines) is 1. The lowest BCUT2D eigenvalue weighted by Crippen LogP contribution is -2.49. The van der Waals surface area contributed by atoms with Gasteiger partial charge in [0.1, 0.15) is 11.4 Å². The van der Waals surface area contributed by atoms with Crippen LogP contribution in [-0.4, -0.2) is 42.2 Å². The van der Waals surface area contributed by atoms with Crippen molar-refractivity contribution in [1.29, 1.82) is 0 Å². The number of methoxy groups -OCH3 is 1. The summed E-state index contributed by atoms with van der Waals surface area (Å²) in [5, 5.41) is 3.40. The van der Waals surface area contributed by atoms with Crippen molar-refractivity contribution in [3.05, 3.63) is 24.3 Å². The number of nitrogens with zero attached hydrogens (tertiary/aromatic N) is 1. The van der Waals surface area contributed by atoms with Crippen LogP contribution in [0.2, 0.25) is 0 Å². The number of anilines is 1. The van der Waals surface area contributed by atoms with E-state index in [1.807, 2.05) is 45.0 Å². The van der Waals surface area contributed by atoms with E-state index in [9.17, 15) is 9.59 Å². The molecule has 0 spiro atoms. The molecule has 0 radical (unpaired) electrons. The zero-order valence-corrected chi connectivity index (χ0v) is 15.2. The molecular formula is C19H26N2O4. The third kappa shape index (κ3) is 3.72. The van der Waals surface area contributed by atoms with Gasteiger partial charge in [-0.3, -0.25) is 4.79 Å². The molecule has 1 N–H and O–H groups in total. The first-order chi connectivity index (χ1) is 11.8. The lowest BCUT2D eigenvalue weighted by Gasteiger charge is -2.33. The number of amides is 2. The minimum absolute atomic E-state index is 0.0554. The van der Waals surface area contributed by atoms with E-state index in [2.05, 4.69) is 5.32 Å². The van der Waals surface area contributed by atoms with Gasteiger partial charge >= 0.3 is 6.09 Å². The maximum atomic E-state index is 12.4. The summed E-state index contributed by atoms with van der Waals surface area (Å²) in [6.45, 7) is 6.16. The molecule has 1 aromatic rings. The van der Waals surface area contributed by atoms with Crippen molar-refractivity contribution in [3.63, 3.8) is 0 Å². The van der Waals surface area contributed by atoms with Crippen LogP contribution >= 0.6 is 0 Å². The largest absolute Gasteiger partial charge is 0.497 e. The predicted octanol–water partition coefficient (Wildman–Crippen LogP) is 3.28. The van der Waals surface area contributed by atoms with Crippen molar-refractivity contribution in [2.45, 2.75) is 45.3 Å². The molecule has 1 saturated heterocycles.